The second-order valence-electron chi connectivity index (χ2n) is 4.69. The van der Waals surface area contributed by atoms with Crippen LogP contribution in [0.1, 0.15) is 40.0 Å². The maximum absolute atomic E-state index is 12.9. The molecule has 0 aromatic carbocycles. The van der Waals surface area contributed by atoms with E-state index >= 15 is 0 Å². The normalized spacial score (nSPS) is 25.5. The largest absolute Gasteiger partial charge is 0.373 e. The van der Waals surface area contributed by atoms with E-state index in [4.69, 9.17) is 9.47 Å². The Morgan fingerprint density at radius 2 is 1.94 bits per heavy atom. The number of allylic oxidation sites excluding steroid dienone is 1. The predicted octanol–water partition coefficient (Wildman–Crippen LogP) is 3.56. The molecule has 0 saturated heterocycles. The molecule has 100 valence electrons. The molecule has 0 radical (unpaired) electrons. The van der Waals surface area contributed by atoms with E-state index in [0.29, 0.717) is 0 Å². The second kappa shape index (κ2) is 6.45. The molecule has 1 aliphatic rings. The minimum absolute atomic E-state index is 0.0669. The molecule has 0 aromatic rings. The molecule has 2 unspecified atom stereocenters. The topological polar surface area (TPSA) is 18.5 Å². The molecular weight excluding hydrogens is 226 g/mol. The van der Waals surface area contributed by atoms with Gasteiger partial charge in [0.15, 0.2) is 0 Å². The molecule has 0 amide bonds. The molecule has 2 atom stereocenters. The smallest absolute Gasteiger partial charge is 0.266 e. The second-order valence-corrected chi connectivity index (χ2v) is 4.69. The van der Waals surface area contributed by atoms with E-state index in [2.05, 4.69) is 0 Å². The van der Waals surface area contributed by atoms with Crippen LogP contribution in [0.3, 0.4) is 0 Å². The van der Waals surface area contributed by atoms with Crippen LogP contribution in [0.5, 0.6) is 0 Å². The Morgan fingerprint density at radius 1 is 1.29 bits per heavy atom. The Morgan fingerprint density at radius 3 is 2.41 bits per heavy atom. The van der Waals surface area contributed by atoms with Crippen molar-refractivity contribution in [1.82, 2.24) is 0 Å². The van der Waals surface area contributed by atoms with E-state index in [-0.39, 0.29) is 31.3 Å². The highest BCUT2D eigenvalue weighted by molar-refractivity contribution is 4.94. The van der Waals surface area contributed by atoms with Gasteiger partial charge in [-0.25, -0.2) is 8.78 Å². The molecule has 4 heteroatoms. The molecule has 1 saturated carbocycles. The van der Waals surface area contributed by atoms with Crippen molar-refractivity contribution in [2.45, 2.75) is 64.3 Å². The Balaban J connectivity index is 2.19. The van der Waals surface area contributed by atoms with E-state index in [1.54, 1.807) is 0 Å². The van der Waals surface area contributed by atoms with Crippen LogP contribution in [0.4, 0.5) is 8.78 Å². The zero-order chi connectivity index (χ0) is 12.9. The van der Waals surface area contributed by atoms with Crippen molar-refractivity contribution >= 4 is 0 Å². The molecule has 17 heavy (non-hydrogen) atoms. The summed E-state index contributed by atoms with van der Waals surface area (Å²) < 4.78 is 36.8. The minimum atomic E-state index is -2.71. The van der Waals surface area contributed by atoms with Gasteiger partial charge >= 0.3 is 0 Å². The van der Waals surface area contributed by atoms with Crippen molar-refractivity contribution in [3.05, 3.63) is 12.2 Å². The number of hydrogen-bond acceptors (Lipinski definition) is 2. The van der Waals surface area contributed by atoms with Gasteiger partial charge in [0, 0.05) is 6.42 Å². The lowest BCUT2D eigenvalue weighted by molar-refractivity contribution is -0.139. The fourth-order valence-corrected chi connectivity index (χ4v) is 1.65. The number of ether oxygens (including phenoxy) is 2. The van der Waals surface area contributed by atoms with Gasteiger partial charge in [0.05, 0.1) is 24.9 Å². The van der Waals surface area contributed by atoms with Crippen LogP contribution in [0.2, 0.25) is 0 Å². The molecule has 1 fully saturated rings. The SMILES string of the molecule is CCC(F)(F)/C=C/COC1CCC1OC(C)C. The molecule has 0 aromatic heterocycles. The summed E-state index contributed by atoms with van der Waals surface area (Å²) in [7, 11) is 0. The average molecular weight is 248 g/mol. The van der Waals surface area contributed by atoms with E-state index in [1.165, 1.54) is 13.0 Å². The molecule has 1 aliphatic carbocycles. The molecule has 1 rings (SSSR count). The average Bonchev–Trinajstić information content (AvgIpc) is 2.24. The molecule has 0 heterocycles. The van der Waals surface area contributed by atoms with Gasteiger partial charge in [-0.05, 0) is 32.8 Å². The maximum Gasteiger partial charge on any atom is 0.266 e. The van der Waals surface area contributed by atoms with Crippen LogP contribution in [-0.2, 0) is 9.47 Å². The van der Waals surface area contributed by atoms with Crippen molar-refractivity contribution in [3.63, 3.8) is 0 Å². The number of rotatable bonds is 7. The standard InChI is InChI=1S/C13H22F2O2/c1-4-13(14,15)8-5-9-16-11-6-7-12(11)17-10(2)3/h5,8,10-12H,4,6-7,9H2,1-3H3/b8-5+. The van der Waals surface area contributed by atoms with E-state index in [0.717, 1.165) is 18.9 Å². The van der Waals surface area contributed by atoms with Gasteiger partial charge in [-0.1, -0.05) is 13.0 Å². The van der Waals surface area contributed by atoms with Crippen molar-refractivity contribution < 1.29 is 18.3 Å². The first-order valence-electron chi connectivity index (χ1n) is 6.27. The highest BCUT2D eigenvalue weighted by atomic mass is 19.3. The van der Waals surface area contributed by atoms with Crippen LogP contribution in [-0.4, -0.2) is 30.8 Å². The summed E-state index contributed by atoms with van der Waals surface area (Å²) in [5.41, 5.74) is 0. The third-order valence-electron chi connectivity index (χ3n) is 2.84. The van der Waals surface area contributed by atoms with Crippen molar-refractivity contribution in [2.75, 3.05) is 6.61 Å². The molecule has 0 aliphatic heterocycles. The molecule has 2 nitrogen and oxygen atoms in total. The lowest BCUT2D eigenvalue weighted by Gasteiger charge is -2.37. The first kappa shape index (κ1) is 14.6. The first-order valence-corrected chi connectivity index (χ1v) is 6.27. The molecule has 0 N–H and O–H groups in total. The summed E-state index contributed by atoms with van der Waals surface area (Å²) in [6.07, 6.45) is 4.48. The highest BCUT2D eigenvalue weighted by Gasteiger charge is 2.33. The number of halogens is 2. The summed E-state index contributed by atoms with van der Waals surface area (Å²) in [6.45, 7) is 5.66. The third kappa shape index (κ3) is 5.13. The van der Waals surface area contributed by atoms with Gasteiger partial charge in [0.2, 0.25) is 0 Å². The Labute approximate surface area is 102 Å². The van der Waals surface area contributed by atoms with Crippen molar-refractivity contribution in [3.8, 4) is 0 Å². The summed E-state index contributed by atoms with van der Waals surface area (Å²) in [6, 6.07) is 0. The van der Waals surface area contributed by atoms with Crippen LogP contribution >= 0.6 is 0 Å². The van der Waals surface area contributed by atoms with Gasteiger partial charge in [-0.15, -0.1) is 0 Å². The van der Waals surface area contributed by atoms with E-state index in [9.17, 15) is 8.78 Å². The minimum Gasteiger partial charge on any atom is -0.373 e. The van der Waals surface area contributed by atoms with E-state index in [1.807, 2.05) is 13.8 Å². The van der Waals surface area contributed by atoms with Crippen molar-refractivity contribution in [2.24, 2.45) is 0 Å². The van der Waals surface area contributed by atoms with Crippen LogP contribution in [0.25, 0.3) is 0 Å². The van der Waals surface area contributed by atoms with Crippen molar-refractivity contribution in [1.29, 1.82) is 0 Å². The molecule has 0 spiro atoms. The quantitative estimate of drug-likeness (QED) is 0.641. The van der Waals surface area contributed by atoms with Gasteiger partial charge in [0.25, 0.3) is 5.92 Å². The lowest BCUT2D eigenvalue weighted by Crippen LogP contribution is -2.42. The van der Waals surface area contributed by atoms with Gasteiger partial charge in [0.1, 0.15) is 0 Å². The van der Waals surface area contributed by atoms with Gasteiger partial charge in [-0.3, -0.25) is 0 Å². The van der Waals surface area contributed by atoms with Gasteiger partial charge in [-0.2, -0.15) is 0 Å². The Bertz CT molecular complexity index is 252. The van der Waals surface area contributed by atoms with Crippen LogP contribution in [0.15, 0.2) is 12.2 Å². The molecular formula is C13H22F2O2. The fourth-order valence-electron chi connectivity index (χ4n) is 1.65. The monoisotopic (exact) mass is 248 g/mol. The highest BCUT2D eigenvalue weighted by Crippen LogP contribution is 2.27. The van der Waals surface area contributed by atoms with Crippen LogP contribution < -0.4 is 0 Å². The predicted molar refractivity (Wildman–Crippen MR) is 63.4 cm³/mol. The molecule has 0 bridgehead atoms. The maximum atomic E-state index is 12.9. The zero-order valence-electron chi connectivity index (χ0n) is 10.8. The first-order chi connectivity index (χ1) is 7.94. The Hall–Kier alpha value is -0.480. The summed E-state index contributed by atoms with van der Waals surface area (Å²) >= 11 is 0. The lowest BCUT2D eigenvalue weighted by atomic mass is 9.91. The number of alkyl halides is 2. The summed E-state index contributed by atoms with van der Waals surface area (Å²) in [4.78, 5) is 0. The summed E-state index contributed by atoms with van der Waals surface area (Å²) in [5, 5.41) is 0. The van der Waals surface area contributed by atoms with Crippen LogP contribution in [0, 0.1) is 0 Å². The zero-order valence-corrected chi connectivity index (χ0v) is 10.8. The third-order valence-corrected chi connectivity index (χ3v) is 2.84. The summed E-state index contributed by atoms with van der Waals surface area (Å²) in [5.74, 6) is -2.71. The number of hydrogen-bond donors (Lipinski definition) is 0. The van der Waals surface area contributed by atoms with E-state index < -0.39 is 5.92 Å². The Kier molecular flexibility index (Phi) is 5.53. The van der Waals surface area contributed by atoms with Gasteiger partial charge < -0.3 is 9.47 Å². The fraction of sp³-hybridized carbons (Fsp3) is 0.846.